The van der Waals surface area contributed by atoms with Crippen LogP contribution in [0.4, 0.5) is 11.4 Å². The summed E-state index contributed by atoms with van der Waals surface area (Å²) in [6.45, 7) is 13.8. The number of carbonyl (C=O) groups is 2. The molecule has 0 aliphatic carbocycles. The van der Waals surface area contributed by atoms with Crippen LogP contribution < -0.4 is 10.6 Å². The number of Topliss-reactive ketones (excluding diaryl/α,β-unsaturated/α-hetero) is 1. The molecule has 1 amide bonds. The monoisotopic (exact) mass is 595 g/mol. The third-order valence-corrected chi connectivity index (χ3v) is 8.59. The molecule has 0 saturated carbocycles. The lowest BCUT2D eigenvalue weighted by atomic mass is 9.81. The fourth-order valence-electron chi connectivity index (χ4n) is 6.36. The predicted octanol–water partition coefficient (Wildman–Crippen LogP) is 6.15. The van der Waals surface area contributed by atoms with Gasteiger partial charge in [-0.15, -0.1) is 5.10 Å². The number of aromatic nitrogens is 3. The van der Waals surface area contributed by atoms with Gasteiger partial charge in [-0.3, -0.25) is 9.59 Å². The van der Waals surface area contributed by atoms with E-state index in [-0.39, 0.29) is 22.5 Å². The van der Waals surface area contributed by atoms with Crippen LogP contribution in [0, 0.1) is 6.92 Å². The van der Waals surface area contributed by atoms with Crippen molar-refractivity contribution >= 4 is 28.8 Å². The molecular formula is C36H47N6O2+. The van der Waals surface area contributed by atoms with E-state index < -0.39 is 0 Å². The van der Waals surface area contributed by atoms with Crippen LogP contribution in [-0.2, 0) is 27.0 Å². The van der Waals surface area contributed by atoms with Crippen molar-refractivity contribution in [3.8, 4) is 0 Å². The number of rotatable bonds is 10. The third-order valence-electron chi connectivity index (χ3n) is 8.59. The number of hydrogen-bond acceptors (Lipinski definition) is 5. The molecule has 3 heterocycles. The normalized spacial score (nSPS) is 17.1. The molecule has 2 N–H and O–H groups in total. The van der Waals surface area contributed by atoms with Crippen molar-refractivity contribution < 1.29 is 14.2 Å². The number of ketones is 1. The average molecular weight is 596 g/mol. The molecule has 0 atom stereocenters. The SMILES string of the molecule is CC(=O)Cn1cc(C)nn1.C[N+]1=C(/C=C/C=C2/N(CCCCCC(N)=O)c3ccccc3C2(C)C)C(C)(C)c2ccccc21. The van der Waals surface area contributed by atoms with Gasteiger partial charge in [0.15, 0.2) is 11.5 Å². The van der Waals surface area contributed by atoms with Crippen LogP contribution in [0.2, 0.25) is 0 Å². The Morgan fingerprint density at radius 3 is 2.27 bits per heavy atom. The molecule has 2 aliphatic rings. The number of benzene rings is 2. The van der Waals surface area contributed by atoms with Crippen molar-refractivity contribution in [3.05, 3.63) is 95.5 Å². The molecule has 0 saturated heterocycles. The molecule has 0 spiro atoms. The van der Waals surface area contributed by atoms with Gasteiger partial charge < -0.3 is 10.6 Å². The number of primary amides is 1. The molecule has 232 valence electrons. The summed E-state index contributed by atoms with van der Waals surface area (Å²) >= 11 is 0. The van der Waals surface area contributed by atoms with Crippen molar-refractivity contribution in [1.82, 2.24) is 15.0 Å². The highest BCUT2D eigenvalue weighted by molar-refractivity contribution is 6.03. The van der Waals surface area contributed by atoms with Crippen LogP contribution >= 0.6 is 0 Å². The summed E-state index contributed by atoms with van der Waals surface area (Å²) in [5, 5.41) is 7.43. The second-order valence-electron chi connectivity index (χ2n) is 12.8. The first-order chi connectivity index (χ1) is 20.8. The van der Waals surface area contributed by atoms with Gasteiger partial charge in [0, 0.05) is 53.7 Å². The van der Waals surface area contributed by atoms with E-state index in [1.807, 2.05) is 6.92 Å². The van der Waals surface area contributed by atoms with Crippen LogP contribution in [0.3, 0.4) is 0 Å². The van der Waals surface area contributed by atoms with Crippen molar-refractivity contribution in [3.63, 3.8) is 0 Å². The predicted molar refractivity (Wildman–Crippen MR) is 177 cm³/mol. The summed E-state index contributed by atoms with van der Waals surface area (Å²) in [6.07, 6.45) is 11.9. The number of fused-ring (bicyclic) bond motifs is 2. The summed E-state index contributed by atoms with van der Waals surface area (Å²) in [4.78, 5) is 24.1. The minimum absolute atomic E-state index is 0.0331. The van der Waals surface area contributed by atoms with Gasteiger partial charge in [-0.05, 0) is 58.2 Å². The minimum Gasteiger partial charge on any atom is -0.370 e. The fraction of sp³-hybridized carbons (Fsp3) is 0.417. The molecule has 44 heavy (non-hydrogen) atoms. The first-order valence-electron chi connectivity index (χ1n) is 15.4. The molecule has 8 heteroatoms. The van der Waals surface area contributed by atoms with Gasteiger partial charge >= 0.3 is 0 Å². The highest BCUT2D eigenvalue weighted by Crippen LogP contribution is 2.47. The zero-order valence-corrected chi connectivity index (χ0v) is 27.3. The lowest BCUT2D eigenvalue weighted by molar-refractivity contribution is -0.401. The molecule has 2 aliphatic heterocycles. The van der Waals surface area contributed by atoms with Gasteiger partial charge in [0.05, 0.1) is 11.1 Å². The van der Waals surface area contributed by atoms with E-state index in [0.717, 1.165) is 31.5 Å². The molecule has 5 rings (SSSR count). The van der Waals surface area contributed by atoms with Crippen LogP contribution in [0.1, 0.15) is 77.1 Å². The molecule has 0 bridgehead atoms. The van der Waals surface area contributed by atoms with Crippen molar-refractivity contribution in [2.75, 3.05) is 18.5 Å². The number of allylic oxidation sites excluding steroid dienone is 4. The molecule has 0 radical (unpaired) electrons. The number of unbranched alkanes of at least 4 members (excludes halogenated alkanes) is 2. The Hall–Kier alpha value is -4.33. The molecule has 0 fully saturated rings. The number of carbonyl (C=O) groups excluding carboxylic acids is 2. The van der Waals surface area contributed by atoms with Gasteiger partial charge in [0.25, 0.3) is 0 Å². The smallest absolute Gasteiger partial charge is 0.217 e. The van der Waals surface area contributed by atoms with Crippen LogP contribution in [0.15, 0.2) is 78.7 Å². The Morgan fingerprint density at radius 1 is 0.955 bits per heavy atom. The second-order valence-corrected chi connectivity index (χ2v) is 12.8. The van der Waals surface area contributed by atoms with Gasteiger partial charge in [0.1, 0.15) is 13.6 Å². The second kappa shape index (κ2) is 13.5. The lowest BCUT2D eigenvalue weighted by Gasteiger charge is -2.27. The van der Waals surface area contributed by atoms with E-state index in [2.05, 4.69) is 121 Å². The van der Waals surface area contributed by atoms with E-state index in [1.165, 1.54) is 45.5 Å². The number of amides is 1. The molecule has 1 aromatic heterocycles. The summed E-state index contributed by atoms with van der Waals surface area (Å²) in [5.74, 6) is -0.122. The third kappa shape index (κ3) is 7.07. The van der Waals surface area contributed by atoms with Gasteiger partial charge in [0.2, 0.25) is 11.6 Å². The quantitative estimate of drug-likeness (QED) is 0.224. The molecule has 3 aromatic rings. The lowest BCUT2D eigenvalue weighted by Crippen LogP contribution is -2.27. The highest BCUT2D eigenvalue weighted by atomic mass is 16.1. The Kier molecular flexibility index (Phi) is 10.0. The van der Waals surface area contributed by atoms with E-state index in [0.29, 0.717) is 13.0 Å². The van der Waals surface area contributed by atoms with Gasteiger partial charge in [-0.2, -0.15) is 4.58 Å². The van der Waals surface area contributed by atoms with Crippen LogP contribution in [0.5, 0.6) is 0 Å². The Balaban J connectivity index is 0.000000375. The molecule has 0 unspecified atom stereocenters. The first-order valence-corrected chi connectivity index (χ1v) is 15.4. The summed E-state index contributed by atoms with van der Waals surface area (Å²) in [5.41, 5.74) is 14.0. The van der Waals surface area contributed by atoms with Crippen molar-refractivity contribution in [1.29, 1.82) is 0 Å². The number of nitrogens with two attached hydrogens (primary N) is 1. The van der Waals surface area contributed by atoms with Gasteiger partial charge in [-0.1, -0.05) is 68.0 Å². The topological polar surface area (TPSA) is 97.1 Å². The summed E-state index contributed by atoms with van der Waals surface area (Å²) < 4.78 is 3.84. The van der Waals surface area contributed by atoms with Crippen LogP contribution in [-0.4, -0.2) is 50.6 Å². The van der Waals surface area contributed by atoms with E-state index in [1.54, 1.807) is 6.20 Å². The minimum atomic E-state index is -0.210. The summed E-state index contributed by atoms with van der Waals surface area (Å²) in [7, 11) is 2.16. The summed E-state index contributed by atoms with van der Waals surface area (Å²) in [6, 6.07) is 17.4. The molecule has 8 nitrogen and oxygen atoms in total. The maximum atomic E-state index is 11.1. The number of aryl methyl sites for hydroxylation is 1. The number of nitrogens with zero attached hydrogens (tertiary/aromatic N) is 5. The van der Waals surface area contributed by atoms with E-state index >= 15 is 0 Å². The standard InChI is InChI=1S/C30H37N3O.C6H9N3O/c1-29(2)22-14-8-10-16-24(22)32(5)26(29)18-13-19-27-30(3,4)23-15-9-11-17-25(23)33(27)21-12-6-7-20-28(31)34;1-5-3-9(8-7-5)4-6(2)10/h8-11,13-19H,6-7,12,20-21H2,1-5H3,(H-,31,34);3H,4H2,1-2H3/p+1. The van der Waals surface area contributed by atoms with Crippen LogP contribution in [0.25, 0.3) is 0 Å². The largest absolute Gasteiger partial charge is 0.370 e. The molecule has 2 aromatic carbocycles. The number of anilines is 1. The Bertz CT molecular complexity index is 1610. The number of hydrogen-bond donors (Lipinski definition) is 1. The Labute approximate surface area is 262 Å². The molecular weight excluding hydrogens is 548 g/mol. The fourth-order valence-corrected chi connectivity index (χ4v) is 6.36. The maximum Gasteiger partial charge on any atom is 0.217 e. The average Bonchev–Trinajstić information content (AvgIpc) is 3.53. The maximum absolute atomic E-state index is 11.1. The number of para-hydroxylation sites is 2. The van der Waals surface area contributed by atoms with Gasteiger partial charge in [-0.25, -0.2) is 4.68 Å². The zero-order valence-electron chi connectivity index (χ0n) is 27.3. The Morgan fingerprint density at radius 2 is 1.64 bits per heavy atom. The first kappa shape index (κ1) is 32.6. The van der Waals surface area contributed by atoms with Crippen molar-refractivity contribution in [2.45, 2.75) is 84.6 Å². The van der Waals surface area contributed by atoms with Crippen molar-refractivity contribution in [2.24, 2.45) is 5.73 Å². The van der Waals surface area contributed by atoms with E-state index in [4.69, 9.17) is 5.73 Å². The van der Waals surface area contributed by atoms with E-state index in [9.17, 15) is 9.59 Å². The highest BCUT2D eigenvalue weighted by Gasteiger charge is 2.43. The zero-order chi connectivity index (χ0) is 32.1.